The second-order valence-corrected chi connectivity index (χ2v) is 6.33. The Kier molecular flexibility index (Phi) is 4.10. The maximum Gasteiger partial charge on any atom is 0.262 e. The molecule has 0 amide bonds. The van der Waals surface area contributed by atoms with Crippen molar-refractivity contribution in [3.05, 3.63) is 70.6 Å². The van der Waals surface area contributed by atoms with Crippen LogP contribution in [-0.2, 0) is 12.3 Å². The molecule has 1 aromatic carbocycles. The third-order valence-corrected chi connectivity index (χ3v) is 4.57. The van der Waals surface area contributed by atoms with Gasteiger partial charge in [0.2, 0.25) is 11.8 Å². The van der Waals surface area contributed by atoms with E-state index in [-0.39, 0.29) is 5.56 Å². The highest BCUT2D eigenvalue weighted by atomic mass is 32.2. The van der Waals surface area contributed by atoms with Gasteiger partial charge < -0.3 is 8.83 Å². The average molecular weight is 354 g/mol. The first-order valence-electron chi connectivity index (χ1n) is 7.64. The van der Waals surface area contributed by atoms with E-state index in [1.807, 2.05) is 24.3 Å². The first kappa shape index (κ1) is 15.6. The fourth-order valence-corrected chi connectivity index (χ4v) is 3.31. The molecule has 126 valence electrons. The lowest BCUT2D eigenvalue weighted by atomic mass is 10.2. The summed E-state index contributed by atoms with van der Waals surface area (Å²) in [5.41, 5.74) is 0.554. The van der Waals surface area contributed by atoms with Gasteiger partial charge in [-0.25, -0.2) is 4.98 Å². The minimum atomic E-state index is -0.105. The topological polar surface area (TPSA) is 87.0 Å². The molecule has 0 fully saturated rings. The van der Waals surface area contributed by atoms with Crippen molar-refractivity contribution in [3.8, 4) is 0 Å². The molecular weight excluding hydrogens is 340 g/mol. The Balaban J connectivity index is 1.75. The van der Waals surface area contributed by atoms with Crippen LogP contribution in [0.1, 0.15) is 17.5 Å². The number of aromatic nitrogens is 4. The molecule has 3 heterocycles. The average Bonchev–Trinajstić information content (AvgIpc) is 3.27. The summed E-state index contributed by atoms with van der Waals surface area (Å²) in [4.78, 5) is 17.5. The summed E-state index contributed by atoms with van der Waals surface area (Å²) in [6.07, 6.45) is 1.59. The maximum atomic E-state index is 12.9. The standard InChI is InChI=1S/C17H14N4O3S/c1-11-19-20-15(24-11)10-25-17-18-14-7-3-2-6-13(14)16(22)21(17)9-12-5-4-8-23-12/h2-8H,9-10H2,1H3. The Labute approximate surface area is 146 Å². The molecule has 0 aliphatic carbocycles. The molecule has 0 saturated carbocycles. The van der Waals surface area contributed by atoms with Gasteiger partial charge in [0.1, 0.15) is 5.76 Å². The lowest BCUT2D eigenvalue weighted by Gasteiger charge is -2.11. The first-order chi connectivity index (χ1) is 12.2. The summed E-state index contributed by atoms with van der Waals surface area (Å²) < 4.78 is 12.4. The molecule has 0 unspecified atom stereocenters. The molecule has 0 radical (unpaired) electrons. The number of hydrogen-bond acceptors (Lipinski definition) is 7. The van der Waals surface area contributed by atoms with Crippen LogP contribution in [0.25, 0.3) is 10.9 Å². The summed E-state index contributed by atoms with van der Waals surface area (Å²) in [7, 11) is 0. The van der Waals surface area contributed by atoms with Crippen molar-refractivity contribution < 1.29 is 8.83 Å². The van der Waals surface area contributed by atoms with Crippen molar-refractivity contribution in [1.82, 2.24) is 19.7 Å². The van der Waals surface area contributed by atoms with E-state index in [0.29, 0.717) is 45.9 Å². The van der Waals surface area contributed by atoms with E-state index >= 15 is 0 Å². The molecule has 25 heavy (non-hydrogen) atoms. The van der Waals surface area contributed by atoms with Crippen LogP contribution >= 0.6 is 11.8 Å². The number of benzene rings is 1. The van der Waals surface area contributed by atoms with Crippen LogP contribution in [0.15, 0.2) is 61.4 Å². The van der Waals surface area contributed by atoms with Crippen molar-refractivity contribution in [2.75, 3.05) is 0 Å². The van der Waals surface area contributed by atoms with Crippen molar-refractivity contribution >= 4 is 22.7 Å². The largest absolute Gasteiger partial charge is 0.467 e. The fourth-order valence-electron chi connectivity index (χ4n) is 2.48. The van der Waals surface area contributed by atoms with Crippen molar-refractivity contribution in [1.29, 1.82) is 0 Å². The Morgan fingerprint density at radius 1 is 1.16 bits per heavy atom. The Morgan fingerprint density at radius 3 is 2.80 bits per heavy atom. The van der Waals surface area contributed by atoms with Gasteiger partial charge in [-0.3, -0.25) is 9.36 Å². The van der Waals surface area contributed by atoms with E-state index in [0.717, 1.165) is 0 Å². The third-order valence-electron chi connectivity index (χ3n) is 3.61. The Morgan fingerprint density at radius 2 is 2.04 bits per heavy atom. The number of rotatable bonds is 5. The van der Waals surface area contributed by atoms with Crippen LogP contribution in [-0.4, -0.2) is 19.7 Å². The van der Waals surface area contributed by atoms with Crippen molar-refractivity contribution in [2.45, 2.75) is 24.4 Å². The van der Waals surface area contributed by atoms with Gasteiger partial charge in [0.05, 0.1) is 29.5 Å². The lowest BCUT2D eigenvalue weighted by molar-refractivity contribution is 0.475. The van der Waals surface area contributed by atoms with E-state index in [2.05, 4.69) is 15.2 Å². The quantitative estimate of drug-likeness (QED) is 0.402. The molecule has 4 aromatic rings. The number of furan rings is 1. The van der Waals surface area contributed by atoms with E-state index in [1.165, 1.54) is 11.8 Å². The van der Waals surface area contributed by atoms with Crippen LogP contribution in [0.4, 0.5) is 0 Å². The molecule has 3 aromatic heterocycles. The Hall–Kier alpha value is -2.87. The molecule has 0 atom stereocenters. The fraction of sp³-hybridized carbons (Fsp3) is 0.176. The van der Waals surface area contributed by atoms with Crippen molar-refractivity contribution in [2.24, 2.45) is 0 Å². The molecule has 8 heteroatoms. The molecule has 4 rings (SSSR count). The number of para-hydroxylation sites is 1. The third kappa shape index (κ3) is 3.20. The minimum absolute atomic E-state index is 0.105. The van der Waals surface area contributed by atoms with Gasteiger partial charge >= 0.3 is 0 Å². The van der Waals surface area contributed by atoms with Crippen molar-refractivity contribution in [3.63, 3.8) is 0 Å². The zero-order chi connectivity index (χ0) is 17.2. The number of fused-ring (bicyclic) bond motifs is 1. The lowest BCUT2D eigenvalue weighted by Crippen LogP contribution is -2.23. The van der Waals surface area contributed by atoms with Gasteiger partial charge in [-0.2, -0.15) is 0 Å². The number of nitrogens with zero attached hydrogens (tertiary/aromatic N) is 4. The second-order valence-electron chi connectivity index (χ2n) is 5.39. The predicted octanol–water partition coefficient (Wildman–Crippen LogP) is 3.02. The molecular formula is C17H14N4O3S. The Bertz CT molecular complexity index is 1070. The molecule has 0 bridgehead atoms. The van der Waals surface area contributed by atoms with E-state index in [4.69, 9.17) is 8.83 Å². The monoisotopic (exact) mass is 354 g/mol. The highest BCUT2D eigenvalue weighted by Gasteiger charge is 2.14. The first-order valence-corrected chi connectivity index (χ1v) is 8.63. The highest BCUT2D eigenvalue weighted by Crippen LogP contribution is 2.22. The summed E-state index contributed by atoms with van der Waals surface area (Å²) >= 11 is 1.38. The molecule has 0 aliphatic heterocycles. The zero-order valence-electron chi connectivity index (χ0n) is 13.4. The van der Waals surface area contributed by atoms with Gasteiger partial charge in [0.25, 0.3) is 5.56 Å². The SMILES string of the molecule is Cc1nnc(CSc2nc3ccccc3c(=O)n2Cc2ccco2)o1. The number of hydrogen-bond donors (Lipinski definition) is 0. The van der Waals surface area contributed by atoms with Crippen LogP contribution in [0.2, 0.25) is 0 Å². The second kappa shape index (κ2) is 6.56. The number of aryl methyl sites for hydroxylation is 1. The maximum absolute atomic E-state index is 12.9. The van der Waals surface area contributed by atoms with E-state index in [9.17, 15) is 4.79 Å². The van der Waals surface area contributed by atoms with E-state index in [1.54, 1.807) is 29.9 Å². The van der Waals surface area contributed by atoms with Crippen LogP contribution in [0, 0.1) is 6.92 Å². The molecule has 0 spiro atoms. The molecule has 0 saturated heterocycles. The summed E-state index contributed by atoms with van der Waals surface area (Å²) in [6.45, 7) is 2.05. The van der Waals surface area contributed by atoms with Crippen LogP contribution in [0.5, 0.6) is 0 Å². The zero-order valence-corrected chi connectivity index (χ0v) is 14.2. The van der Waals surface area contributed by atoms with Crippen LogP contribution in [0.3, 0.4) is 0 Å². The van der Waals surface area contributed by atoms with Gasteiger partial charge in [0.15, 0.2) is 5.16 Å². The summed E-state index contributed by atoms with van der Waals surface area (Å²) in [5, 5.41) is 8.95. The van der Waals surface area contributed by atoms with Gasteiger partial charge in [-0.05, 0) is 24.3 Å². The summed E-state index contributed by atoms with van der Waals surface area (Å²) in [6, 6.07) is 10.9. The molecule has 0 aliphatic rings. The molecule has 7 nitrogen and oxygen atoms in total. The molecule has 0 N–H and O–H groups in total. The summed E-state index contributed by atoms with van der Waals surface area (Å²) in [5.74, 6) is 2.13. The van der Waals surface area contributed by atoms with Gasteiger partial charge in [-0.1, -0.05) is 23.9 Å². The van der Waals surface area contributed by atoms with Gasteiger partial charge in [-0.15, -0.1) is 10.2 Å². The van der Waals surface area contributed by atoms with Crippen LogP contribution < -0.4 is 5.56 Å². The predicted molar refractivity (Wildman–Crippen MR) is 92.4 cm³/mol. The van der Waals surface area contributed by atoms with E-state index < -0.39 is 0 Å². The van der Waals surface area contributed by atoms with Gasteiger partial charge in [0, 0.05) is 6.92 Å². The number of thioether (sulfide) groups is 1. The normalized spacial score (nSPS) is 11.2. The minimum Gasteiger partial charge on any atom is -0.467 e. The smallest absolute Gasteiger partial charge is 0.262 e. The highest BCUT2D eigenvalue weighted by molar-refractivity contribution is 7.98.